The Balaban J connectivity index is 1.76. The molecule has 2 nitrogen and oxygen atoms in total. The van der Waals surface area contributed by atoms with E-state index in [1.165, 1.54) is 0 Å². The molecule has 2 fully saturated rings. The van der Waals surface area contributed by atoms with Gasteiger partial charge >= 0.3 is 0 Å². The summed E-state index contributed by atoms with van der Waals surface area (Å²) in [6.07, 6.45) is 6.68. The van der Waals surface area contributed by atoms with Gasteiger partial charge in [0.05, 0.1) is 5.60 Å². The van der Waals surface area contributed by atoms with E-state index in [4.69, 9.17) is 0 Å². The topological polar surface area (TPSA) is 40.5 Å². The summed E-state index contributed by atoms with van der Waals surface area (Å²) in [5.41, 5.74) is 1.39. The molecule has 3 aliphatic carbocycles. The molecule has 1 aromatic rings. The van der Waals surface area contributed by atoms with Gasteiger partial charge in [-0.1, -0.05) is 36.4 Å². The van der Waals surface area contributed by atoms with Crippen LogP contribution in [0.15, 0.2) is 22.3 Å². The Labute approximate surface area is 162 Å². The molecule has 25 heavy (non-hydrogen) atoms. The lowest BCUT2D eigenvalue weighted by molar-refractivity contribution is -0.0790. The van der Waals surface area contributed by atoms with E-state index in [1.807, 2.05) is 10.2 Å². The van der Waals surface area contributed by atoms with Gasteiger partial charge in [0.15, 0.2) is 11.6 Å². The number of phenols is 1. The van der Waals surface area contributed by atoms with Crippen molar-refractivity contribution in [3.05, 3.63) is 39.2 Å². The molecule has 136 valence electrons. The molecule has 4 rings (SSSR count). The molecule has 0 saturated heterocycles. The number of fused-ring (bicyclic) bond motifs is 5. The SMILES string of the molecule is C[C@@H]1Cc2cc(O)c(F)cc2[C@H]2CC[C@@]3(C)[C@@H](CC[C@@]3(O)/C=C/I)[C@H]12. The first-order chi connectivity index (χ1) is 11.8. The van der Waals surface area contributed by atoms with Crippen LogP contribution in [0.2, 0.25) is 0 Å². The van der Waals surface area contributed by atoms with Gasteiger partial charge in [-0.3, -0.25) is 0 Å². The number of phenolic OH excluding ortho intramolecular Hbond substituents is 1. The number of aliphatic hydroxyl groups is 1. The average Bonchev–Trinajstić information content (AvgIpc) is 2.81. The molecule has 0 spiro atoms. The molecule has 3 aliphatic rings. The molecule has 0 aromatic heterocycles. The Morgan fingerprint density at radius 3 is 2.76 bits per heavy atom. The third-order valence-corrected chi connectivity index (χ3v) is 8.05. The maximum Gasteiger partial charge on any atom is 0.165 e. The predicted molar refractivity (Wildman–Crippen MR) is 105 cm³/mol. The first kappa shape index (κ1) is 17.8. The highest BCUT2D eigenvalue weighted by atomic mass is 127. The molecule has 1 aromatic carbocycles. The molecule has 0 bridgehead atoms. The fraction of sp³-hybridized carbons (Fsp3) is 0.619. The number of hydrogen-bond donors (Lipinski definition) is 2. The number of aromatic hydroxyl groups is 1. The molecule has 0 radical (unpaired) electrons. The van der Waals surface area contributed by atoms with Gasteiger partial charge in [0.1, 0.15) is 0 Å². The summed E-state index contributed by atoms with van der Waals surface area (Å²) in [4.78, 5) is 0. The summed E-state index contributed by atoms with van der Waals surface area (Å²) in [7, 11) is 0. The van der Waals surface area contributed by atoms with Gasteiger partial charge < -0.3 is 10.2 Å². The van der Waals surface area contributed by atoms with Crippen molar-refractivity contribution in [1.82, 2.24) is 0 Å². The van der Waals surface area contributed by atoms with Crippen LogP contribution in [0, 0.1) is 29.0 Å². The van der Waals surface area contributed by atoms with Gasteiger partial charge in [-0.05, 0) is 89.2 Å². The van der Waals surface area contributed by atoms with E-state index in [9.17, 15) is 14.6 Å². The number of benzene rings is 1. The highest BCUT2D eigenvalue weighted by molar-refractivity contribution is 14.1. The average molecular weight is 456 g/mol. The first-order valence-electron chi connectivity index (χ1n) is 9.32. The quantitative estimate of drug-likeness (QED) is 0.563. The second-order valence-corrected chi connectivity index (χ2v) is 9.41. The molecular weight excluding hydrogens is 430 g/mol. The molecule has 0 heterocycles. The van der Waals surface area contributed by atoms with Crippen molar-refractivity contribution < 1.29 is 14.6 Å². The largest absolute Gasteiger partial charge is 0.505 e. The lowest BCUT2D eigenvalue weighted by atomic mass is 9.51. The van der Waals surface area contributed by atoms with Gasteiger partial charge in [-0.2, -0.15) is 0 Å². The first-order valence-corrected chi connectivity index (χ1v) is 10.6. The maximum absolute atomic E-state index is 14.0. The third kappa shape index (κ3) is 2.43. The number of rotatable bonds is 1. The smallest absolute Gasteiger partial charge is 0.165 e. The molecule has 0 amide bonds. The molecule has 2 N–H and O–H groups in total. The van der Waals surface area contributed by atoms with Gasteiger partial charge in [-0.15, -0.1) is 0 Å². The normalized spacial score (nSPS) is 42.9. The summed E-state index contributed by atoms with van der Waals surface area (Å²) in [6, 6.07) is 3.21. The van der Waals surface area contributed by atoms with Crippen LogP contribution in [-0.2, 0) is 6.42 Å². The minimum atomic E-state index is -0.718. The van der Waals surface area contributed by atoms with Crippen LogP contribution in [0.4, 0.5) is 4.39 Å². The lowest BCUT2D eigenvalue weighted by Gasteiger charge is -2.54. The van der Waals surface area contributed by atoms with E-state index < -0.39 is 11.4 Å². The van der Waals surface area contributed by atoms with Crippen molar-refractivity contribution in [3.63, 3.8) is 0 Å². The summed E-state index contributed by atoms with van der Waals surface area (Å²) in [5.74, 6) is 1.04. The van der Waals surface area contributed by atoms with Crippen molar-refractivity contribution in [2.24, 2.45) is 23.2 Å². The Morgan fingerprint density at radius 1 is 1.28 bits per heavy atom. The minimum absolute atomic E-state index is 0.100. The van der Waals surface area contributed by atoms with Gasteiger partial charge in [-0.25, -0.2) is 4.39 Å². The summed E-state index contributed by atoms with van der Waals surface area (Å²) in [5, 5.41) is 21.1. The monoisotopic (exact) mass is 456 g/mol. The van der Waals surface area contributed by atoms with Crippen molar-refractivity contribution >= 4 is 22.6 Å². The molecule has 4 heteroatoms. The van der Waals surface area contributed by atoms with Crippen LogP contribution in [0.5, 0.6) is 5.75 Å². The molecule has 0 unspecified atom stereocenters. The van der Waals surface area contributed by atoms with Crippen LogP contribution in [0.3, 0.4) is 0 Å². The zero-order valence-electron chi connectivity index (χ0n) is 14.8. The van der Waals surface area contributed by atoms with Gasteiger partial charge in [0, 0.05) is 5.41 Å². The fourth-order valence-corrected chi connectivity index (χ4v) is 7.00. The van der Waals surface area contributed by atoms with Crippen LogP contribution in [0.25, 0.3) is 0 Å². The number of hydrogen-bond acceptors (Lipinski definition) is 2. The van der Waals surface area contributed by atoms with E-state index in [0.29, 0.717) is 23.7 Å². The second-order valence-electron chi connectivity index (χ2n) is 8.69. The van der Waals surface area contributed by atoms with E-state index in [1.54, 1.807) is 12.1 Å². The van der Waals surface area contributed by atoms with E-state index in [2.05, 4.69) is 36.4 Å². The highest BCUT2D eigenvalue weighted by Crippen LogP contribution is 2.65. The summed E-state index contributed by atoms with van der Waals surface area (Å²) >= 11 is 2.20. The Bertz CT molecular complexity index is 733. The van der Waals surface area contributed by atoms with Gasteiger partial charge in [0.25, 0.3) is 0 Å². The fourth-order valence-electron chi connectivity index (χ4n) is 6.41. The van der Waals surface area contributed by atoms with Crippen LogP contribution in [-0.4, -0.2) is 15.8 Å². The van der Waals surface area contributed by atoms with Crippen molar-refractivity contribution in [2.45, 2.75) is 57.5 Å². The molecular formula is C21H26FIO2. The maximum atomic E-state index is 14.0. The lowest BCUT2D eigenvalue weighted by Crippen LogP contribution is -2.51. The van der Waals surface area contributed by atoms with Crippen LogP contribution in [0.1, 0.15) is 56.6 Å². The molecule has 2 saturated carbocycles. The Morgan fingerprint density at radius 2 is 2.04 bits per heavy atom. The van der Waals surface area contributed by atoms with E-state index in [-0.39, 0.29) is 11.2 Å². The molecule has 0 aliphatic heterocycles. The predicted octanol–water partition coefficient (Wildman–Crippen LogP) is 5.31. The van der Waals surface area contributed by atoms with E-state index >= 15 is 0 Å². The summed E-state index contributed by atoms with van der Waals surface area (Å²) in [6.45, 7) is 4.55. The van der Waals surface area contributed by atoms with Crippen LogP contribution < -0.4 is 0 Å². The minimum Gasteiger partial charge on any atom is -0.505 e. The van der Waals surface area contributed by atoms with Crippen molar-refractivity contribution in [1.29, 1.82) is 0 Å². The zero-order chi connectivity index (χ0) is 18.0. The van der Waals surface area contributed by atoms with Crippen molar-refractivity contribution in [2.75, 3.05) is 0 Å². The highest BCUT2D eigenvalue weighted by Gasteiger charge is 2.61. The molecule has 6 atom stereocenters. The van der Waals surface area contributed by atoms with Gasteiger partial charge in [0.2, 0.25) is 0 Å². The van der Waals surface area contributed by atoms with Crippen molar-refractivity contribution in [3.8, 4) is 5.75 Å². The van der Waals surface area contributed by atoms with Crippen LogP contribution >= 0.6 is 22.6 Å². The number of halogens is 2. The standard InChI is InChI=1S/C21H26FIO2/c1-12-9-13-10-18(24)17(22)11-15(13)14-3-5-20(2)16(19(12)14)4-6-21(20,25)7-8-23/h7-8,10-12,14,16,19,24-25H,3-6,9H2,1-2H3/b8-7+/t12-,14-,16+,19-,20+,21-/m1/s1. The summed E-state index contributed by atoms with van der Waals surface area (Å²) < 4.78 is 16.0. The Kier molecular flexibility index (Phi) is 4.23. The third-order valence-electron chi connectivity index (χ3n) is 7.69. The Hall–Kier alpha value is -0.620. The zero-order valence-corrected chi connectivity index (χ0v) is 17.0. The van der Waals surface area contributed by atoms with E-state index in [0.717, 1.165) is 43.2 Å². The second kappa shape index (κ2) is 5.95.